The number of carboxylic acids is 1. The Morgan fingerprint density at radius 2 is 0.906 bits per heavy atom. The van der Waals surface area contributed by atoms with Gasteiger partial charge in [-0.2, -0.15) is 0 Å². The predicted molar refractivity (Wildman–Crippen MR) is 145 cm³/mol. The first kappa shape index (κ1) is 33.0. The highest BCUT2D eigenvalue weighted by molar-refractivity contribution is 6.45. The monoisotopic (exact) mass is 570 g/mol. The van der Waals surface area contributed by atoms with E-state index in [4.69, 9.17) is 74.7 Å². The van der Waals surface area contributed by atoms with E-state index in [9.17, 15) is 4.79 Å². The van der Waals surface area contributed by atoms with Gasteiger partial charge in [0.05, 0.1) is 32.3 Å². The smallest absolute Gasteiger partial charge is 0.303 e. The van der Waals surface area contributed by atoms with Gasteiger partial charge in [0.2, 0.25) is 0 Å². The zero-order valence-electron chi connectivity index (χ0n) is 19.1. The van der Waals surface area contributed by atoms with Crippen molar-refractivity contribution < 1.29 is 9.90 Å². The number of aliphatic carboxylic acids is 1. The van der Waals surface area contributed by atoms with Gasteiger partial charge in [-0.25, -0.2) is 0 Å². The van der Waals surface area contributed by atoms with Crippen LogP contribution >= 0.6 is 69.6 Å². The lowest BCUT2D eigenvalue weighted by molar-refractivity contribution is -0.137. The third kappa shape index (κ3) is 15.8. The van der Waals surface area contributed by atoms with Crippen molar-refractivity contribution >= 4 is 75.6 Å². The second-order valence-corrected chi connectivity index (χ2v) is 11.4. The van der Waals surface area contributed by atoms with Crippen molar-refractivity contribution in [3.63, 3.8) is 0 Å². The molecule has 0 amide bonds. The first-order chi connectivity index (χ1) is 15.2. The largest absolute Gasteiger partial charge is 0.481 e. The van der Waals surface area contributed by atoms with Gasteiger partial charge in [-0.05, 0) is 32.1 Å². The zero-order chi connectivity index (χ0) is 24.4. The lowest BCUT2D eigenvalue weighted by Crippen LogP contribution is -2.52. The van der Waals surface area contributed by atoms with Gasteiger partial charge in [-0.3, -0.25) is 4.79 Å². The van der Waals surface area contributed by atoms with Gasteiger partial charge >= 0.3 is 5.97 Å². The summed E-state index contributed by atoms with van der Waals surface area (Å²) in [5.74, 6) is -0.664. The van der Waals surface area contributed by atoms with Gasteiger partial charge in [0.1, 0.15) is 0 Å². The lowest BCUT2D eigenvalue weighted by atomic mass is 9.97. The number of unbranched alkanes of at least 4 members (excludes halogenated alkanes) is 11. The van der Waals surface area contributed by atoms with E-state index >= 15 is 0 Å². The minimum absolute atomic E-state index is 0.332. The van der Waals surface area contributed by atoms with Gasteiger partial charge < -0.3 is 5.11 Å². The summed E-state index contributed by atoms with van der Waals surface area (Å²) >= 11 is 35.3. The Morgan fingerprint density at radius 3 is 1.25 bits per heavy atom. The Bertz CT molecular complexity index is 433. The first-order valence-electron chi connectivity index (χ1n) is 11.9. The van der Waals surface area contributed by atoms with Crippen LogP contribution in [0, 0.1) is 0 Å². The molecule has 190 valence electrons. The zero-order valence-corrected chi connectivity index (χ0v) is 23.7. The van der Waals surface area contributed by atoms with E-state index in [1.807, 2.05) is 0 Å². The predicted octanol–water partition coefficient (Wildman–Crippen LogP) is 9.75. The molecule has 0 aromatic carbocycles. The van der Waals surface area contributed by atoms with E-state index in [1.54, 1.807) is 0 Å². The van der Waals surface area contributed by atoms with Crippen LogP contribution in [0.4, 0.5) is 0 Å². The number of halogens is 6. The van der Waals surface area contributed by atoms with Crippen molar-refractivity contribution in [2.24, 2.45) is 0 Å². The normalized spacial score (nSPS) is 27.8. The quantitative estimate of drug-likeness (QED) is 0.120. The number of hydrogen-bond donors (Lipinski definition) is 1. The summed E-state index contributed by atoms with van der Waals surface area (Å²) < 4.78 is 0. The molecule has 0 heterocycles. The Labute approximate surface area is 225 Å². The molecule has 0 aromatic rings. The van der Waals surface area contributed by atoms with Crippen LogP contribution < -0.4 is 0 Å². The number of allylic oxidation sites excluding steroid dienone is 2. The Balaban J connectivity index is 0.000000677. The number of alkyl halides is 6. The summed E-state index contributed by atoms with van der Waals surface area (Å²) in [5, 5.41) is 5.89. The van der Waals surface area contributed by atoms with Crippen molar-refractivity contribution in [1.29, 1.82) is 0 Å². The topological polar surface area (TPSA) is 37.3 Å². The highest BCUT2D eigenvalue weighted by Gasteiger charge is 2.46. The van der Waals surface area contributed by atoms with E-state index in [0.717, 1.165) is 12.8 Å². The van der Waals surface area contributed by atoms with E-state index < -0.39 is 38.2 Å². The second-order valence-electron chi connectivity index (χ2n) is 8.39. The second kappa shape index (κ2) is 21.3. The van der Waals surface area contributed by atoms with E-state index in [1.165, 1.54) is 70.6 Å². The summed E-state index contributed by atoms with van der Waals surface area (Å²) in [5.41, 5.74) is 0. The third-order valence-electron chi connectivity index (χ3n) is 5.48. The molecule has 1 saturated carbocycles. The molecule has 0 saturated heterocycles. The maximum atomic E-state index is 10.3. The Hall–Kier alpha value is 0.950. The van der Waals surface area contributed by atoms with Gasteiger partial charge in [0, 0.05) is 6.42 Å². The fourth-order valence-corrected chi connectivity index (χ4v) is 5.73. The molecule has 1 N–H and O–H groups in total. The first-order valence-corrected chi connectivity index (χ1v) is 14.6. The molecule has 1 aliphatic rings. The van der Waals surface area contributed by atoms with E-state index in [2.05, 4.69) is 19.1 Å². The van der Waals surface area contributed by atoms with E-state index in [0.29, 0.717) is 6.42 Å². The lowest BCUT2D eigenvalue weighted by Gasteiger charge is -2.37. The molecular weight excluding hydrogens is 533 g/mol. The van der Waals surface area contributed by atoms with Crippen molar-refractivity contribution in [1.82, 2.24) is 0 Å². The molecule has 1 aliphatic carbocycles. The standard InChI is InChI=1S/C18H34O2.C6H6Cl6/c1-2-3-4-5-6-7-8-9-10-11-12-13-14-15-16-17-18(19)20;7-1-2(8)4(10)6(12)5(11)3(1)9/h9-10H,2-8,11-17H2,1H3,(H,19,20);1-6H/b10-9-;/t;1-,2-,3-,4+,5+,6+. The summed E-state index contributed by atoms with van der Waals surface area (Å²) in [4.78, 5) is 10.3. The molecule has 1 rings (SSSR count). The molecule has 0 spiro atoms. The van der Waals surface area contributed by atoms with Crippen LogP contribution in [0.2, 0.25) is 0 Å². The molecular formula is C24H40Cl6O2. The van der Waals surface area contributed by atoms with Gasteiger partial charge in [0.15, 0.2) is 0 Å². The van der Waals surface area contributed by atoms with Gasteiger partial charge in [-0.15, -0.1) is 69.6 Å². The van der Waals surface area contributed by atoms with Crippen LogP contribution in [-0.2, 0) is 4.79 Å². The number of hydrogen-bond acceptors (Lipinski definition) is 1. The summed E-state index contributed by atoms with van der Waals surface area (Å²) in [6.45, 7) is 2.26. The van der Waals surface area contributed by atoms with Crippen LogP contribution in [0.5, 0.6) is 0 Å². The van der Waals surface area contributed by atoms with Crippen molar-refractivity contribution in [3.05, 3.63) is 12.2 Å². The molecule has 8 heteroatoms. The Morgan fingerprint density at radius 1 is 0.594 bits per heavy atom. The van der Waals surface area contributed by atoms with Crippen LogP contribution in [0.1, 0.15) is 96.8 Å². The van der Waals surface area contributed by atoms with Crippen LogP contribution in [0.15, 0.2) is 12.2 Å². The van der Waals surface area contributed by atoms with Crippen LogP contribution in [0.25, 0.3) is 0 Å². The van der Waals surface area contributed by atoms with Gasteiger partial charge in [-0.1, -0.05) is 70.4 Å². The van der Waals surface area contributed by atoms with Crippen molar-refractivity contribution in [3.8, 4) is 0 Å². The number of carbonyl (C=O) groups is 1. The van der Waals surface area contributed by atoms with E-state index in [-0.39, 0.29) is 0 Å². The minimum atomic E-state index is -0.664. The third-order valence-corrected chi connectivity index (χ3v) is 9.51. The fraction of sp³-hybridized carbons (Fsp3) is 0.875. The summed E-state index contributed by atoms with van der Waals surface area (Å²) in [6, 6.07) is 0. The fourth-order valence-electron chi connectivity index (χ4n) is 3.40. The maximum Gasteiger partial charge on any atom is 0.303 e. The molecule has 0 aromatic heterocycles. The number of rotatable bonds is 15. The highest BCUT2D eigenvalue weighted by atomic mass is 35.5. The summed E-state index contributed by atoms with van der Waals surface area (Å²) in [7, 11) is 0. The van der Waals surface area contributed by atoms with Gasteiger partial charge in [0.25, 0.3) is 0 Å². The van der Waals surface area contributed by atoms with Crippen molar-refractivity contribution in [2.75, 3.05) is 0 Å². The molecule has 32 heavy (non-hydrogen) atoms. The minimum Gasteiger partial charge on any atom is -0.481 e. The van der Waals surface area contributed by atoms with Crippen molar-refractivity contribution in [2.45, 2.75) is 129 Å². The average Bonchev–Trinajstić information content (AvgIpc) is 2.78. The highest BCUT2D eigenvalue weighted by Crippen LogP contribution is 2.39. The van der Waals surface area contributed by atoms with Crippen LogP contribution in [0.3, 0.4) is 0 Å². The molecule has 2 nitrogen and oxygen atoms in total. The molecule has 0 bridgehead atoms. The molecule has 0 aliphatic heterocycles. The average molecular weight is 573 g/mol. The molecule has 0 radical (unpaired) electrons. The SMILES string of the molecule is CCCCCCCC/C=C\CCCCCCCC(=O)O.Cl[C@H]1[C@H](Cl)[C@@H](Cl)[C@@H](Cl)[C@H](Cl)[C@H]1Cl. The van der Waals surface area contributed by atoms with Crippen LogP contribution in [-0.4, -0.2) is 43.3 Å². The molecule has 1 fully saturated rings. The number of carboxylic acid groups (broad SMARTS) is 1. The molecule has 0 atom stereocenters. The molecule has 0 unspecified atom stereocenters. The Kier molecular flexibility index (Phi) is 21.9. The summed E-state index contributed by atoms with van der Waals surface area (Å²) in [6.07, 6.45) is 21.2. The maximum absolute atomic E-state index is 10.3.